The fourth-order valence-electron chi connectivity index (χ4n) is 3.83. The quantitative estimate of drug-likeness (QED) is 0.672. The van der Waals surface area contributed by atoms with E-state index in [0.29, 0.717) is 11.1 Å². The van der Waals surface area contributed by atoms with Crippen LogP contribution >= 0.6 is 0 Å². The molecule has 1 fully saturated rings. The lowest BCUT2D eigenvalue weighted by Crippen LogP contribution is -2.37. The Labute approximate surface area is 167 Å². The number of benzene rings is 2. The van der Waals surface area contributed by atoms with Gasteiger partial charge in [0.2, 0.25) is 10.0 Å². The predicted molar refractivity (Wildman–Crippen MR) is 108 cm³/mol. The van der Waals surface area contributed by atoms with Crippen LogP contribution in [0.25, 0.3) is 10.9 Å². The molecule has 9 heteroatoms. The van der Waals surface area contributed by atoms with E-state index in [4.69, 9.17) is 0 Å². The van der Waals surface area contributed by atoms with Gasteiger partial charge in [0.1, 0.15) is 5.60 Å². The summed E-state index contributed by atoms with van der Waals surface area (Å²) in [4.78, 5) is 24.5. The van der Waals surface area contributed by atoms with E-state index >= 15 is 0 Å². The van der Waals surface area contributed by atoms with Crippen molar-refractivity contribution in [3.8, 4) is 0 Å². The van der Waals surface area contributed by atoms with Crippen LogP contribution in [0, 0.1) is 0 Å². The van der Waals surface area contributed by atoms with Gasteiger partial charge in [0.05, 0.1) is 15.8 Å². The number of aryl methyl sites for hydroxylation is 1. The predicted octanol–water partition coefficient (Wildman–Crippen LogP) is 0.519. The molecule has 1 N–H and O–H groups in total. The number of β-amino-alcohol motifs (C(OH)–C–C–N with tert-alkyl or cyclic N) is 1. The van der Waals surface area contributed by atoms with Crippen molar-refractivity contribution in [1.82, 2.24) is 13.4 Å². The average molecular weight is 415 g/mol. The van der Waals surface area contributed by atoms with Crippen LogP contribution in [0.4, 0.5) is 0 Å². The van der Waals surface area contributed by atoms with Crippen LogP contribution < -0.4 is 11.2 Å². The molecule has 152 valence electrons. The van der Waals surface area contributed by atoms with Crippen LogP contribution in [0.5, 0.6) is 0 Å². The average Bonchev–Trinajstić information content (AvgIpc) is 3.15. The van der Waals surface area contributed by atoms with Crippen molar-refractivity contribution < 1.29 is 13.5 Å². The van der Waals surface area contributed by atoms with Crippen molar-refractivity contribution >= 4 is 20.9 Å². The molecule has 29 heavy (non-hydrogen) atoms. The second-order valence-electron chi connectivity index (χ2n) is 7.37. The van der Waals surface area contributed by atoms with Gasteiger partial charge in [0.25, 0.3) is 5.56 Å². The van der Waals surface area contributed by atoms with Crippen molar-refractivity contribution in [1.29, 1.82) is 0 Å². The Balaban J connectivity index is 1.76. The fourth-order valence-corrected chi connectivity index (χ4v) is 5.35. The molecular weight excluding hydrogens is 394 g/mol. The smallest absolute Gasteiger partial charge is 0.330 e. The molecule has 1 aromatic heterocycles. The largest absolute Gasteiger partial charge is 0.384 e. The lowest BCUT2D eigenvalue weighted by atomic mass is 9.93. The van der Waals surface area contributed by atoms with Crippen molar-refractivity contribution in [2.24, 2.45) is 14.1 Å². The van der Waals surface area contributed by atoms with E-state index in [9.17, 15) is 23.1 Å². The highest BCUT2D eigenvalue weighted by atomic mass is 32.2. The number of aliphatic hydroxyl groups is 1. The number of hydrogen-bond donors (Lipinski definition) is 1. The topological polar surface area (TPSA) is 102 Å². The molecular formula is C20H21N3O5S. The first-order chi connectivity index (χ1) is 13.6. The summed E-state index contributed by atoms with van der Waals surface area (Å²) >= 11 is 0. The summed E-state index contributed by atoms with van der Waals surface area (Å²) in [6, 6.07) is 13.1. The molecule has 0 saturated carbocycles. The number of rotatable bonds is 3. The highest BCUT2D eigenvalue weighted by Gasteiger charge is 2.42. The Kier molecular flexibility index (Phi) is 4.49. The van der Waals surface area contributed by atoms with Gasteiger partial charge in [-0.1, -0.05) is 30.3 Å². The van der Waals surface area contributed by atoms with Crippen LogP contribution in [0.15, 0.2) is 63.0 Å². The number of hydrogen-bond acceptors (Lipinski definition) is 5. The van der Waals surface area contributed by atoms with E-state index in [1.165, 1.54) is 41.2 Å². The first kappa shape index (κ1) is 19.6. The van der Waals surface area contributed by atoms with Gasteiger partial charge in [-0.2, -0.15) is 4.31 Å². The van der Waals surface area contributed by atoms with Gasteiger partial charge in [0, 0.05) is 27.2 Å². The summed E-state index contributed by atoms with van der Waals surface area (Å²) in [5.74, 6) is 0. The van der Waals surface area contributed by atoms with E-state index in [2.05, 4.69) is 0 Å². The molecule has 2 heterocycles. The Hall–Kier alpha value is -2.75. The maximum Gasteiger partial charge on any atom is 0.330 e. The minimum absolute atomic E-state index is 0.0435. The Morgan fingerprint density at radius 3 is 2.38 bits per heavy atom. The number of sulfonamides is 1. The maximum atomic E-state index is 13.2. The van der Waals surface area contributed by atoms with Crippen LogP contribution in [-0.2, 0) is 29.7 Å². The lowest BCUT2D eigenvalue weighted by molar-refractivity contribution is 0.0531. The zero-order valence-electron chi connectivity index (χ0n) is 16.1. The zero-order chi connectivity index (χ0) is 21.0. The second-order valence-corrected chi connectivity index (χ2v) is 9.31. The van der Waals surface area contributed by atoms with E-state index < -0.39 is 26.9 Å². The molecule has 0 unspecified atom stereocenters. The van der Waals surface area contributed by atoms with Crippen LogP contribution in [0.2, 0.25) is 0 Å². The molecule has 3 aromatic rings. The first-order valence-electron chi connectivity index (χ1n) is 9.13. The van der Waals surface area contributed by atoms with Crippen molar-refractivity contribution in [2.45, 2.75) is 16.9 Å². The summed E-state index contributed by atoms with van der Waals surface area (Å²) in [6.07, 6.45) is 0.278. The van der Waals surface area contributed by atoms with Gasteiger partial charge in [-0.25, -0.2) is 13.2 Å². The van der Waals surface area contributed by atoms with Gasteiger partial charge in [-0.3, -0.25) is 13.9 Å². The van der Waals surface area contributed by atoms with Crippen LogP contribution in [0.1, 0.15) is 12.0 Å². The third-order valence-corrected chi connectivity index (χ3v) is 7.44. The minimum Gasteiger partial charge on any atom is -0.384 e. The second kappa shape index (κ2) is 6.65. The van der Waals surface area contributed by atoms with Gasteiger partial charge < -0.3 is 5.11 Å². The molecule has 0 bridgehead atoms. The van der Waals surface area contributed by atoms with E-state index in [1.54, 1.807) is 24.3 Å². The third kappa shape index (κ3) is 3.02. The highest BCUT2D eigenvalue weighted by Crippen LogP contribution is 2.35. The molecule has 4 rings (SSSR count). The molecule has 0 spiro atoms. The molecule has 0 aliphatic carbocycles. The number of nitrogens with zero attached hydrogens (tertiary/aromatic N) is 3. The van der Waals surface area contributed by atoms with Crippen molar-refractivity contribution in [3.63, 3.8) is 0 Å². The molecule has 0 amide bonds. The van der Waals surface area contributed by atoms with E-state index in [1.807, 2.05) is 6.07 Å². The minimum atomic E-state index is -3.92. The van der Waals surface area contributed by atoms with Gasteiger partial charge >= 0.3 is 5.69 Å². The monoisotopic (exact) mass is 415 g/mol. The standard InChI is InChI=1S/C20H21N3O5S/c1-21-17-9-8-15(12-16(17)18(24)22(2)19(21)25)29(27,28)23-11-10-20(26,13-23)14-6-4-3-5-7-14/h3-9,12,26H,10-11,13H2,1-2H3/t20-/m0/s1. The van der Waals surface area contributed by atoms with E-state index in [-0.39, 0.29) is 29.8 Å². The SMILES string of the molecule is Cn1c(=O)c2cc(S(=O)(=O)N3CC[C@@](O)(c4ccccc4)C3)ccc2n(C)c1=O. The normalized spacial score (nSPS) is 20.4. The van der Waals surface area contributed by atoms with Crippen LogP contribution in [-0.4, -0.2) is 40.1 Å². The fraction of sp³-hybridized carbons (Fsp3) is 0.300. The summed E-state index contributed by atoms with van der Waals surface area (Å²) in [7, 11) is -1.04. The summed E-state index contributed by atoms with van der Waals surface area (Å²) in [5, 5.41) is 11.1. The molecule has 1 aliphatic rings. The summed E-state index contributed by atoms with van der Waals surface area (Å²) in [6.45, 7) is 0.0969. The van der Waals surface area contributed by atoms with Crippen molar-refractivity contribution in [3.05, 3.63) is 74.9 Å². The molecule has 8 nitrogen and oxygen atoms in total. The highest BCUT2D eigenvalue weighted by molar-refractivity contribution is 7.89. The Bertz CT molecular complexity index is 1330. The summed E-state index contributed by atoms with van der Waals surface area (Å²) in [5.41, 5.74) is -1.27. The third-order valence-electron chi connectivity index (χ3n) is 5.60. The van der Waals surface area contributed by atoms with Gasteiger partial charge in [-0.05, 0) is 30.2 Å². The maximum absolute atomic E-state index is 13.2. The molecule has 0 radical (unpaired) electrons. The zero-order valence-corrected chi connectivity index (χ0v) is 16.9. The molecule has 1 atom stereocenters. The molecule has 2 aromatic carbocycles. The van der Waals surface area contributed by atoms with E-state index in [0.717, 1.165) is 4.57 Å². The van der Waals surface area contributed by atoms with Gasteiger partial charge in [0.15, 0.2) is 0 Å². The van der Waals surface area contributed by atoms with Gasteiger partial charge in [-0.15, -0.1) is 0 Å². The molecule has 1 aliphatic heterocycles. The van der Waals surface area contributed by atoms with Crippen molar-refractivity contribution in [2.75, 3.05) is 13.1 Å². The Morgan fingerprint density at radius 2 is 1.69 bits per heavy atom. The Morgan fingerprint density at radius 1 is 1.00 bits per heavy atom. The first-order valence-corrected chi connectivity index (χ1v) is 10.6. The summed E-state index contributed by atoms with van der Waals surface area (Å²) < 4.78 is 29.8. The number of aromatic nitrogens is 2. The van der Waals surface area contributed by atoms with Crippen LogP contribution in [0.3, 0.4) is 0 Å². The molecule has 1 saturated heterocycles. The lowest BCUT2D eigenvalue weighted by Gasteiger charge is -2.24. The number of fused-ring (bicyclic) bond motifs is 1.